The number of hydrogen-bond donors (Lipinski definition) is 0. The molecule has 0 aromatic carbocycles. The van der Waals surface area contributed by atoms with Gasteiger partial charge in [0, 0.05) is 23.4 Å². The molecule has 0 aliphatic heterocycles. The molecule has 0 amide bonds. The summed E-state index contributed by atoms with van der Waals surface area (Å²) in [5.41, 5.74) is 0. The van der Waals surface area contributed by atoms with Gasteiger partial charge in [0.1, 0.15) is 0 Å². The second-order valence-electron chi connectivity index (χ2n) is 9.94. The van der Waals surface area contributed by atoms with Crippen molar-refractivity contribution in [3.63, 3.8) is 0 Å². The Morgan fingerprint density at radius 1 is 0.500 bits per heavy atom. The minimum atomic E-state index is -2.76. The molecule has 0 bridgehead atoms. The lowest BCUT2D eigenvalue weighted by Gasteiger charge is -2.46. The van der Waals surface area contributed by atoms with Crippen molar-refractivity contribution in [3.8, 4) is 0 Å². The van der Waals surface area contributed by atoms with Gasteiger partial charge in [0.25, 0.3) is 0 Å². The molecule has 0 saturated heterocycles. The van der Waals surface area contributed by atoms with Crippen LogP contribution in [0.15, 0.2) is 0 Å². The molecule has 3 nitrogen and oxygen atoms in total. The maximum atomic E-state index is 6.94. The van der Waals surface area contributed by atoms with E-state index < -0.39 is 8.80 Å². The molecule has 0 heterocycles. The lowest BCUT2D eigenvalue weighted by molar-refractivity contribution is -0.0537. The first-order valence-corrected chi connectivity index (χ1v) is 13.2. The summed E-state index contributed by atoms with van der Waals surface area (Å²) in [6.45, 7) is 6.90. The van der Waals surface area contributed by atoms with Gasteiger partial charge >= 0.3 is 8.80 Å². The molecule has 3 fully saturated rings. The lowest BCUT2D eigenvalue weighted by atomic mass is 9.98. The summed E-state index contributed by atoms with van der Waals surface area (Å²) < 4.78 is 20.8. The van der Waals surface area contributed by atoms with Crippen LogP contribution in [-0.4, -0.2) is 27.1 Å². The molecular weight excluding hydrogens is 340 g/mol. The average molecular weight is 383 g/mol. The summed E-state index contributed by atoms with van der Waals surface area (Å²) in [7, 11) is -2.76. The molecule has 4 heteroatoms. The van der Waals surface area contributed by atoms with E-state index in [-0.39, 0.29) is 5.04 Å². The predicted molar refractivity (Wildman–Crippen MR) is 109 cm³/mol. The van der Waals surface area contributed by atoms with Gasteiger partial charge in [-0.15, -0.1) is 0 Å². The topological polar surface area (TPSA) is 27.7 Å². The average Bonchev–Trinajstić information content (AvgIpc) is 2.63. The normalized spacial score (nSPS) is 25.5. The monoisotopic (exact) mass is 382 g/mol. The largest absolute Gasteiger partial charge is 0.507 e. The van der Waals surface area contributed by atoms with Gasteiger partial charge in [0.2, 0.25) is 0 Å². The van der Waals surface area contributed by atoms with Crippen molar-refractivity contribution >= 4 is 8.80 Å². The van der Waals surface area contributed by atoms with Crippen molar-refractivity contribution in [2.45, 2.75) is 140 Å². The van der Waals surface area contributed by atoms with E-state index in [4.69, 9.17) is 13.3 Å². The summed E-state index contributed by atoms with van der Waals surface area (Å²) in [4.78, 5) is 0. The van der Waals surface area contributed by atoms with Crippen LogP contribution in [0.3, 0.4) is 0 Å². The third-order valence-corrected chi connectivity index (χ3v) is 10.3. The quantitative estimate of drug-likeness (QED) is 0.474. The molecule has 3 aliphatic carbocycles. The third-order valence-electron chi connectivity index (χ3n) is 6.54. The van der Waals surface area contributed by atoms with Gasteiger partial charge in [-0.25, -0.2) is 0 Å². The van der Waals surface area contributed by atoms with Crippen molar-refractivity contribution in [2.75, 3.05) is 0 Å². The highest BCUT2D eigenvalue weighted by molar-refractivity contribution is 6.64. The van der Waals surface area contributed by atoms with Crippen LogP contribution in [0.5, 0.6) is 0 Å². The highest BCUT2D eigenvalue weighted by Crippen LogP contribution is 2.44. The maximum Gasteiger partial charge on any atom is 0.507 e. The molecule has 0 N–H and O–H groups in total. The van der Waals surface area contributed by atoms with Crippen LogP contribution in [0.25, 0.3) is 0 Å². The van der Waals surface area contributed by atoms with Crippen molar-refractivity contribution in [2.24, 2.45) is 0 Å². The molecule has 26 heavy (non-hydrogen) atoms. The Kier molecular flexibility index (Phi) is 7.63. The fraction of sp³-hybridized carbons (Fsp3) is 1.00. The Labute approximate surface area is 162 Å². The van der Waals surface area contributed by atoms with Crippen LogP contribution < -0.4 is 0 Å². The molecule has 152 valence electrons. The predicted octanol–water partition coefficient (Wildman–Crippen LogP) is 6.77. The van der Waals surface area contributed by atoms with Gasteiger partial charge in [-0.1, -0.05) is 78.6 Å². The fourth-order valence-electron chi connectivity index (χ4n) is 4.82. The SMILES string of the molecule is CC(C)(C)[Si](OC1CCCCC1)(OC1CCCCC1)OC1CCCCC1. The Morgan fingerprint density at radius 2 is 0.769 bits per heavy atom. The van der Waals surface area contributed by atoms with Gasteiger partial charge in [-0.05, 0) is 38.5 Å². The highest BCUT2D eigenvalue weighted by Gasteiger charge is 2.57. The fourth-order valence-corrected chi connectivity index (χ4v) is 8.07. The van der Waals surface area contributed by atoms with E-state index in [1.165, 1.54) is 96.3 Å². The van der Waals surface area contributed by atoms with E-state index in [9.17, 15) is 0 Å². The minimum Gasteiger partial charge on any atom is -0.370 e. The zero-order chi connectivity index (χ0) is 18.5. The zero-order valence-electron chi connectivity index (χ0n) is 17.6. The van der Waals surface area contributed by atoms with E-state index in [0.717, 1.165) is 0 Å². The Balaban J connectivity index is 1.78. The first kappa shape index (κ1) is 20.8. The van der Waals surface area contributed by atoms with Crippen molar-refractivity contribution < 1.29 is 13.3 Å². The second kappa shape index (κ2) is 9.53. The Bertz CT molecular complexity index is 352. The standard InChI is InChI=1S/C22H42O3Si/c1-22(2,3)26(23-19-13-7-4-8-14-19,24-20-15-9-5-10-16-20)25-21-17-11-6-12-18-21/h19-21H,4-18H2,1-3H3. The number of hydrogen-bond acceptors (Lipinski definition) is 3. The molecule has 0 radical (unpaired) electrons. The summed E-state index contributed by atoms with van der Waals surface area (Å²) >= 11 is 0. The van der Waals surface area contributed by atoms with Crippen LogP contribution in [0.1, 0.15) is 117 Å². The smallest absolute Gasteiger partial charge is 0.370 e. The van der Waals surface area contributed by atoms with Crippen molar-refractivity contribution in [3.05, 3.63) is 0 Å². The molecule has 3 aliphatic rings. The van der Waals surface area contributed by atoms with E-state index in [1.807, 2.05) is 0 Å². The molecule has 3 saturated carbocycles. The molecular formula is C22H42O3Si. The number of rotatable bonds is 6. The minimum absolute atomic E-state index is 0.0562. The molecule has 0 aromatic rings. The van der Waals surface area contributed by atoms with Crippen molar-refractivity contribution in [1.82, 2.24) is 0 Å². The summed E-state index contributed by atoms with van der Waals surface area (Å²) in [6.07, 6.45) is 20.0. The third kappa shape index (κ3) is 5.56. The van der Waals surface area contributed by atoms with Crippen LogP contribution in [-0.2, 0) is 13.3 Å². The second-order valence-corrected chi connectivity index (χ2v) is 13.3. The van der Waals surface area contributed by atoms with Crippen LogP contribution in [0, 0.1) is 0 Å². The molecule has 3 rings (SSSR count). The summed E-state index contributed by atoms with van der Waals surface area (Å²) in [5, 5.41) is -0.0562. The van der Waals surface area contributed by atoms with E-state index in [1.54, 1.807) is 0 Å². The highest BCUT2D eigenvalue weighted by atomic mass is 28.4. The van der Waals surface area contributed by atoms with E-state index in [0.29, 0.717) is 18.3 Å². The zero-order valence-corrected chi connectivity index (χ0v) is 18.6. The van der Waals surface area contributed by atoms with Gasteiger partial charge in [-0.3, -0.25) is 0 Å². The van der Waals surface area contributed by atoms with Crippen LogP contribution in [0.4, 0.5) is 0 Å². The van der Waals surface area contributed by atoms with Crippen molar-refractivity contribution in [1.29, 1.82) is 0 Å². The van der Waals surface area contributed by atoms with Gasteiger partial charge in [-0.2, -0.15) is 0 Å². The molecule has 0 aromatic heterocycles. The van der Waals surface area contributed by atoms with Gasteiger partial charge in [0.15, 0.2) is 0 Å². The summed E-state index contributed by atoms with van der Waals surface area (Å²) in [5.74, 6) is 0. The van der Waals surface area contributed by atoms with Crippen LogP contribution >= 0.6 is 0 Å². The van der Waals surface area contributed by atoms with Gasteiger partial charge in [0.05, 0.1) is 0 Å². The van der Waals surface area contributed by atoms with E-state index >= 15 is 0 Å². The Hall–Kier alpha value is 0.0969. The molecule has 0 unspecified atom stereocenters. The first-order valence-electron chi connectivity index (χ1n) is 11.5. The lowest BCUT2D eigenvalue weighted by Crippen LogP contribution is -2.59. The molecule has 0 spiro atoms. The Morgan fingerprint density at radius 3 is 1.00 bits per heavy atom. The van der Waals surface area contributed by atoms with E-state index in [2.05, 4.69) is 20.8 Å². The maximum absolute atomic E-state index is 6.94. The first-order chi connectivity index (χ1) is 12.5. The van der Waals surface area contributed by atoms with Gasteiger partial charge < -0.3 is 13.3 Å². The summed E-state index contributed by atoms with van der Waals surface area (Å²) in [6, 6.07) is 0. The molecule has 0 atom stereocenters. The van der Waals surface area contributed by atoms with Crippen LogP contribution in [0.2, 0.25) is 5.04 Å².